The van der Waals surface area contributed by atoms with Gasteiger partial charge in [0.05, 0.1) is 5.69 Å². The van der Waals surface area contributed by atoms with Crippen LogP contribution >= 0.6 is 0 Å². The highest BCUT2D eigenvalue weighted by Crippen LogP contribution is 2.35. The van der Waals surface area contributed by atoms with Gasteiger partial charge in [-0.1, -0.05) is 36.4 Å². The summed E-state index contributed by atoms with van der Waals surface area (Å²) in [5, 5.41) is 3.21. The van der Waals surface area contributed by atoms with E-state index in [1.165, 1.54) is 0 Å². The number of rotatable bonds is 7. The molecule has 2 atom stereocenters. The third-order valence-corrected chi connectivity index (χ3v) is 4.23. The van der Waals surface area contributed by atoms with E-state index in [2.05, 4.69) is 17.2 Å². The summed E-state index contributed by atoms with van der Waals surface area (Å²) in [6, 6.07) is 15.6. The van der Waals surface area contributed by atoms with Crippen LogP contribution in [-0.2, 0) is 10.2 Å². The number of nitrogens with zero attached hydrogens (tertiary/aromatic N) is 1. The van der Waals surface area contributed by atoms with Crippen LogP contribution in [0.1, 0.15) is 31.0 Å². The molecule has 0 bridgehead atoms. The molecule has 0 aliphatic carbocycles. The van der Waals surface area contributed by atoms with Gasteiger partial charge in [-0.3, -0.25) is 9.78 Å². The van der Waals surface area contributed by atoms with Crippen LogP contribution in [-0.4, -0.2) is 24.0 Å². The number of hydrogen-bond donors (Lipinski definition) is 2. The number of carbonyl (C=O) groups excluding carboxylic acids is 1. The first kappa shape index (κ1) is 16.2. The van der Waals surface area contributed by atoms with Crippen LogP contribution < -0.4 is 11.1 Å². The van der Waals surface area contributed by atoms with Crippen molar-refractivity contribution in [3.05, 3.63) is 66.0 Å². The van der Waals surface area contributed by atoms with E-state index < -0.39 is 5.41 Å². The predicted molar refractivity (Wildman–Crippen MR) is 88.4 cm³/mol. The van der Waals surface area contributed by atoms with Gasteiger partial charge in [-0.05, 0) is 44.5 Å². The van der Waals surface area contributed by atoms with Crippen molar-refractivity contribution in [1.29, 1.82) is 0 Å². The monoisotopic (exact) mass is 297 g/mol. The Morgan fingerprint density at radius 2 is 1.91 bits per heavy atom. The van der Waals surface area contributed by atoms with E-state index in [1.54, 1.807) is 6.20 Å². The fourth-order valence-corrected chi connectivity index (χ4v) is 2.73. The minimum absolute atomic E-state index is 0.297. The van der Waals surface area contributed by atoms with Gasteiger partial charge in [0, 0.05) is 12.2 Å². The highest BCUT2D eigenvalue weighted by atomic mass is 16.1. The normalized spacial score (nSPS) is 15.0. The molecule has 0 saturated heterocycles. The van der Waals surface area contributed by atoms with Crippen LogP contribution in [0.3, 0.4) is 0 Å². The summed E-state index contributed by atoms with van der Waals surface area (Å²) < 4.78 is 0. The van der Waals surface area contributed by atoms with Crippen molar-refractivity contribution in [1.82, 2.24) is 10.3 Å². The fourth-order valence-electron chi connectivity index (χ4n) is 2.73. The first-order valence-corrected chi connectivity index (χ1v) is 7.55. The van der Waals surface area contributed by atoms with E-state index in [4.69, 9.17) is 5.73 Å². The van der Waals surface area contributed by atoms with Crippen molar-refractivity contribution < 1.29 is 4.79 Å². The maximum atomic E-state index is 12.5. The Bertz CT molecular complexity index is 559. The number of pyridine rings is 1. The van der Waals surface area contributed by atoms with E-state index in [1.807, 2.05) is 55.6 Å². The van der Waals surface area contributed by atoms with E-state index >= 15 is 0 Å². The Hall–Kier alpha value is -2.20. The third-order valence-electron chi connectivity index (χ3n) is 4.23. The van der Waals surface area contributed by atoms with Crippen LogP contribution in [0.25, 0.3) is 0 Å². The highest BCUT2D eigenvalue weighted by molar-refractivity contribution is 5.90. The molecular weight excluding hydrogens is 274 g/mol. The SMILES string of the molecule is CNC(C)CCC(C(N)=O)(c1ccccc1)c1ccccn1. The number of aromatic nitrogens is 1. The number of benzene rings is 1. The number of nitrogens with two attached hydrogens (primary N) is 1. The minimum atomic E-state index is -0.895. The standard InChI is InChI=1S/C18H23N3O/c1-14(20-2)11-12-18(17(19)22,15-8-4-3-5-9-15)16-10-6-7-13-21-16/h3-10,13-14,20H,11-12H2,1-2H3,(H2,19,22). The molecule has 0 radical (unpaired) electrons. The lowest BCUT2D eigenvalue weighted by atomic mass is 9.72. The second kappa shape index (κ2) is 7.18. The topological polar surface area (TPSA) is 68.0 Å². The molecule has 116 valence electrons. The largest absolute Gasteiger partial charge is 0.369 e. The smallest absolute Gasteiger partial charge is 0.234 e. The molecule has 1 amide bonds. The summed E-state index contributed by atoms with van der Waals surface area (Å²) in [6.45, 7) is 2.09. The molecule has 1 heterocycles. The molecule has 0 saturated carbocycles. The number of hydrogen-bond acceptors (Lipinski definition) is 3. The number of primary amides is 1. The molecule has 1 aromatic heterocycles. The Balaban J connectivity index is 2.53. The molecule has 2 rings (SSSR count). The molecule has 4 nitrogen and oxygen atoms in total. The van der Waals surface area contributed by atoms with Gasteiger partial charge in [0.2, 0.25) is 5.91 Å². The molecule has 0 spiro atoms. The summed E-state index contributed by atoms with van der Waals surface area (Å²) in [7, 11) is 1.92. The van der Waals surface area contributed by atoms with Crippen molar-refractivity contribution >= 4 is 5.91 Å². The van der Waals surface area contributed by atoms with Gasteiger partial charge >= 0.3 is 0 Å². The third kappa shape index (κ3) is 3.17. The van der Waals surface area contributed by atoms with Crippen LogP contribution in [0.5, 0.6) is 0 Å². The quantitative estimate of drug-likeness (QED) is 0.823. The van der Waals surface area contributed by atoms with Crippen LogP contribution in [0, 0.1) is 0 Å². The van der Waals surface area contributed by atoms with Crippen LogP contribution in [0.15, 0.2) is 54.7 Å². The number of nitrogens with one attached hydrogen (secondary N) is 1. The van der Waals surface area contributed by atoms with Crippen molar-refractivity contribution in [2.45, 2.75) is 31.2 Å². The van der Waals surface area contributed by atoms with E-state index in [-0.39, 0.29) is 5.91 Å². The summed E-state index contributed by atoms with van der Waals surface area (Å²) in [5.74, 6) is -0.360. The molecule has 3 N–H and O–H groups in total. The Morgan fingerprint density at radius 3 is 2.45 bits per heavy atom. The first-order valence-electron chi connectivity index (χ1n) is 7.55. The maximum Gasteiger partial charge on any atom is 0.234 e. The van der Waals surface area contributed by atoms with Crippen LogP contribution in [0.2, 0.25) is 0 Å². The average molecular weight is 297 g/mol. The molecule has 4 heteroatoms. The fraction of sp³-hybridized carbons (Fsp3) is 0.333. The zero-order chi connectivity index (χ0) is 16.0. The molecule has 0 aliphatic rings. The average Bonchev–Trinajstić information content (AvgIpc) is 2.57. The zero-order valence-corrected chi connectivity index (χ0v) is 13.1. The molecule has 1 aromatic carbocycles. The molecule has 0 fully saturated rings. The van der Waals surface area contributed by atoms with Gasteiger partial charge in [-0.25, -0.2) is 0 Å². The second-order valence-electron chi connectivity index (χ2n) is 5.58. The lowest BCUT2D eigenvalue weighted by Crippen LogP contribution is -2.44. The summed E-state index contributed by atoms with van der Waals surface area (Å²) in [4.78, 5) is 16.9. The van der Waals surface area contributed by atoms with Crippen LogP contribution in [0.4, 0.5) is 0 Å². The Labute approximate surface area is 131 Å². The molecule has 22 heavy (non-hydrogen) atoms. The van der Waals surface area contributed by atoms with Gasteiger partial charge in [0.1, 0.15) is 5.41 Å². The molecule has 0 aliphatic heterocycles. The molecule has 2 aromatic rings. The maximum absolute atomic E-state index is 12.5. The van der Waals surface area contributed by atoms with Gasteiger partial charge in [-0.15, -0.1) is 0 Å². The number of amides is 1. The Morgan fingerprint density at radius 1 is 1.23 bits per heavy atom. The first-order chi connectivity index (χ1) is 10.6. The van der Waals surface area contributed by atoms with Gasteiger partial charge in [0.15, 0.2) is 0 Å². The minimum Gasteiger partial charge on any atom is -0.369 e. The van der Waals surface area contributed by atoms with Crippen molar-refractivity contribution in [2.24, 2.45) is 5.73 Å². The van der Waals surface area contributed by atoms with Crippen molar-refractivity contribution in [2.75, 3.05) is 7.05 Å². The lowest BCUT2D eigenvalue weighted by Gasteiger charge is -2.31. The summed E-state index contributed by atoms with van der Waals surface area (Å²) >= 11 is 0. The summed E-state index contributed by atoms with van der Waals surface area (Å²) in [5.41, 5.74) is 6.57. The number of carbonyl (C=O) groups is 1. The van der Waals surface area contributed by atoms with Gasteiger partial charge < -0.3 is 11.1 Å². The Kier molecular flexibility index (Phi) is 5.28. The van der Waals surface area contributed by atoms with Gasteiger partial charge in [0.25, 0.3) is 0 Å². The highest BCUT2D eigenvalue weighted by Gasteiger charge is 2.41. The molecule has 2 unspecified atom stereocenters. The molecular formula is C18H23N3O. The summed E-state index contributed by atoms with van der Waals surface area (Å²) in [6.07, 6.45) is 3.15. The van der Waals surface area contributed by atoms with Crippen molar-refractivity contribution in [3.63, 3.8) is 0 Å². The van der Waals surface area contributed by atoms with E-state index in [0.29, 0.717) is 18.2 Å². The second-order valence-corrected chi connectivity index (χ2v) is 5.58. The van der Waals surface area contributed by atoms with E-state index in [9.17, 15) is 4.79 Å². The van der Waals surface area contributed by atoms with Gasteiger partial charge in [-0.2, -0.15) is 0 Å². The van der Waals surface area contributed by atoms with Crippen molar-refractivity contribution in [3.8, 4) is 0 Å². The zero-order valence-electron chi connectivity index (χ0n) is 13.1. The predicted octanol–water partition coefficient (Wildman–Crippen LogP) is 2.24. The lowest BCUT2D eigenvalue weighted by molar-refractivity contribution is -0.122. The van der Waals surface area contributed by atoms with E-state index in [0.717, 1.165) is 12.0 Å².